The van der Waals surface area contributed by atoms with E-state index in [2.05, 4.69) is 0 Å². The summed E-state index contributed by atoms with van der Waals surface area (Å²) in [6.07, 6.45) is 0. The van der Waals surface area contributed by atoms with Crippen LogP contribution in [0.1, 0.15) is 19.4 Å². The molecule has 0 unspecified atom stereocenters. The Labute approximate surface area is 83.6 Å². The number of ether oxygens (including phenoxy) is 1. The fourth-order valence-electron chi connectivity index (χ4n) is 1.15. The zero-order valence-corrected chi connectivity index (χ0v) is 8.85. The third-order valence-electron chi connectivity index (χ3n) is 1.87. The van der Waals surface area contributed by atoms with E-state index in [4.69, 9.17) is 22.1 Å². The van der Waals surface area contributed by atoms with Crippen LogP contribution in [-0.4, -0.2) is 7.11 Å². The highest BCUT2D eigenvalue weighted by atomic mass is 35.5. The van der Waals surface area contributed by atoms with Crippen LogP contribution in [0.4, 0.5) is 0 Å². The minimum atomic E-state index is -0.413. The summed E-state index contributed by atoms with van der Waals surface area (Å²) < 4.78 is 5.04. The van der Waals surface area contributed by atoms with E-state index in [1.807, 2.05) is 26.0 Å². The van der Waals surface area contributed by atoms with Gasteiger partial charge >= 0.3 is 0 Å². The van der Waals surface area contributed by atoms with E-state index in [-0.39, 0.29) is 0 Å². The van der Waals surface area contributed by atoms with Gasteiger partial charge in [0.25, 0.3) is 0 Å². The van der Waals surface area contributed by atoms with Crippen molar-refractivity contribution < 1.29 is 4.74 Å². The number of rotatable bonds is 2. The Kier molecular flexibility index (Phi) is 2.84. The van der Waals surface area contributed by atoms with Gasteiger partial charge in [-0.1, -0.05) is 17.7 Å². The number of hydrogen-bond acceptors (Lipinski definition) is 2. The molecule has 0 aliphatic carbocycles. The number of nitrogens with two attached hydrogens (primary N) is 1. The van der Waals surface area contributed by atoms with E-state index < -0.39 is 5.54 Å². The average Bonchev–Trinajstić information content (AvgIpc) is 2.01. The van der Waals surface area contributed by atoms with Gasteiger partial charge in [-0.25, -0.2) is 0 Å². The standard InChI is InChI=1S/C10H14ClNO/c1-10(2,12)8-5-4-7(13-3)6-9(8)11/h4-6H,12H2,1-3H3. The lowest BCUT2D eigenvalue weighted by Gasteiger charge is -2.20. The van der Waals surface area contributed by atoms with Gasteiger partial charge in [-0.15, -0.1) is 0 Å². The first-order chi connectivity index (χ1) is 5.95. The van der Waals surface area contributed by atoms with Gasteiger partial charge in [0.15, 0.2) is 0 Å². The first-order valence-corrected chi connectivity index (χ1v) is 4.46. The summed E-state index contributed by atoms with van der Waals surface area (Å²) in [5.74, 6) is 0.748. The zero-order valence-electron chi connectivity index (χ0n) is 8.10. The molecule has 0 aliphatic rings. The Hall–Kier alpha value is -0.730. The van der Waals surface area contributed by atoms with Crippen molar-refractivity contribution in [3.63, 3.8) is 0 Å². The second-order valence-electron chi connectivity index (χ2n) is 3.57. The summed E-state index contributed by atoms with van der Waals surface area (Å²) in [6.45, 7) is 3.83. The SMILES string of the molecule is COc1ccc(C(C)(C)N)c(Cl)c1. The van der Waals surface area contributed by atoms with Crippen molar-refractivity contribution in [3.05, 3.63) is 28.8 Å². The van der Waals surface area contributed by atoms with Gasteiger partial charge in [-0.05, 0) is 31.5 Å². The first-order valence-electron chi connectivity index (χ1n) is 4.08. The maximum atomic E-state index is 6.03. The molecule has 0 heterocycles. The second-order valence-corrected chi connectivity index (χ2v) is 3.97. The quantitative estimate of drug-likeness (QED) is 0.795. The van der Waals surface area contributed by atoms with Crippen molar-refractivity contribution in [1.82, 2.24) is 0 Å². The molecular weight excluding hydrogens is 186 g/mol. The van der Waals surface area contributed by atoms with Crippen LogP contribution in [0.15, 0.2) is 18.2 Å². The maximum Gasteiger partial charge on any atom is 0.120 e. The second kappa shape index (κ2) is 3.56. The summed E-state index contributed by atoms with van der Waals surface area (Å²) >= 11 is 6.03. The van der Waals surface area contributed by atoms with E-state index >= 15 is 0 Å². The summed E-state index contributed by atoms with van der Waals surface area (Å²) in [7, 11) is 1.61. The minimum absolute atomic E-state index is 0.413. The molecule has 0 atom stereocenters. The lowest BCUT2D eigenvalue weighted by molar-refractivity contribution is 0.414. The van der Waals surface area contributed by atoms with Crippen LogP contribution in [0.3, 0.4) is 0 Å². The van der Waals surface area contributed by atoms with Crippen molar-refractivity contribution in [2.45, 2.75) is 19.4 Å². The number of methoxy groups -OCH3 is 1. The Morgan fingerprint density at radius 3 is 2.38 bits per heavy atom. The first kappa shape index (κ1) is 10.4. The zero-order chi connectivity index (χ0) is 10.1. The molecule has 1 rings (SSSR count). The van der Waals surface area contributed by atoms with E-state index in [9.17, 15) is 0 Å². The van der Waals surface area contributed by atoms with Gasteiger partial charge in [-0.2, -0.15) is 0 Å². The van der Waals surface area contributed by atoms with Gasteiger partial charge < -0.3 is 10.5 Å². The van der Waals surface area contributed by atoms with Gasteiger partial charge in [0.2, 0.25) is 0 Å². The molecule has 2 nitrogen and oxygen atoms in total. The molecule has 0 bridgehead atoms. The van der Waals surface area contributed by atoms with Crippen LogP contribution in [0.5, 0.6) is 5.75 Å². The van der Waals surface area contributed by atoms with Crippen LogP contribution in [0.25, 0.3) is 0 Å². The summed E-state index contributed by atoms with van der Waals surface area (Å²) in [4.78, 5) is 0. The third kappa shape index (κ3) is 2.36. The van der Waals surface area contributed by atoms with Gasteiger partial charge in [0.1, 0.15) is 5.75 Å². The normalized spacial score (nSPS) is 11.5. The van der Waals surface area contributed by atoms with Crippen molar-refractivity contribution in [3.8, 4) is 5.75 Å². The van der Waals surface area contributed by atoms with Crippen LogP contribution in [0, 0.1) is 0 Å². The Morgan fingerprint density at radius 1 is 1.38 bits per heavy atom. The summed E-state index contributed by atoms with van der Waals surface area (Å²) in [5, 5.41) is 0.645. The Morgan fingerprint density at radius 2 is 2.00 bits per heavy atom. The molecule has 1 aromatic carbocycles. The number of benzene rings is 1. The predicted octanol–water partition coefficient (Wildman–Crippen LogP) is 2.54. The minimum Gasteiger partial charge on any atom is -0.497 e. The third-order valence-corrected chi connectivity index (χ3v) is 2.18. The van der Waals surface area contributed by atoms with Gasteiger partial charge in [0.05, 0.1) is 7.11 Å². The van der Waals surface area contributed by atoms with Crippen molar-refractivity contribution in [2.24, 2.45) is 5.73 Å². The molecule has 0 aliphatic heterocycles. The fraction of sp³-hybridized carbons (Fsp3) is 0.400. The molecule has 0 fully saturated rings. The molecule has 0 saturated carbocycles. The van der Waals surface area contributed by atoms with E-state index in [1.54, 1.807) is 13.2 Å². The number of hydrogen-bond donors (Lipinski definition) is 1. The molecule has 0 radical (unpaired) electrons. The monoisotopic (exact) mass is 199 g/mol. The highest BCUT2D eigenvalue weighted by Gasteiger charge is 2.17. The lowest BCUT2D eigenvalue weighted by Crippen LogP contribution is -2.28. The van der Waals surface area contributed by atoms with Crippen LogP contribution in [-0.2, 0) is 5.54 Å². The van der Waals surface area contributed by atoms with Gasteiger partial charge in [0, 0.05) is 10.6 Å². The molecule has 3 heteroatoms. The maximum absolute atomic E-state index is 6.03. The van der Waals surface area contributed by atoms with Crippen molar-refractivity contribution >= 4 is 11.6 Å². The molecule has 1 aromatic rings. The lowest BCUT2D eigenvalue weighted by atomic mass is 9.96. The van der Waals surface area contributed by atoms with E-state index in [0.29, 0.717) is 5.02 Å². The molecule has 0 amide bonds. The topological polar surface area (TPSA) is 35.2 Å². The van der Waals surface area contributed by atoms with Crippen LogP contribution in [0.2, 0.25) is 5.02 Å². The highest BCUT2D eigenvalue weighted by Crippen LogP contribution is 2.28. The molecular formula is C10H14ClNO. The molecule has 13 heavy (non-hydrogen) atoms. The van der Waals surface area contributed by atoms with Crippen LogP contribution >= 0.6 is 11.6 Å². The molecule has 2 N–H and O–H groups in total. The Bertz CT molecular complexity index is 304. The van der Waals surface area contributed by atoms with Crippen LogP contribution < -0.4 is 10.5 Å². The van der Waals surface area contributed by atoms with Crippen molar-refractivity contribution in [2.75, 3.05) is 7.11 Å². The smallest absolute Gasteiger partial charge is 0.120 e. The molecule has 72 valence electrons. The highest BCUT2D eigenvalue weighted by molar-refractivity contribution is 6.31. The van der Waals surface area contributed by atoms with E-state index in [1.165, 1.54) is 0 Å². The Balaban J connectivity index is 3.13. The summed E-state index contributed by atoms with van der Waals surface area (Å²) in [6, 6.07) is 5.52. The molecule has 0 saturated heterocycles. The molecule has 0 spiro atoms. The molecule has 0 aromatic heterocycles. The predicted molar refractivity (Wildman–Crippen MR) is 55.2 cm³/mol. The largest absolute Gasteiger partial charge is 0.497 e. The van der Waals surface area contributed by atoms with Gasteiger partial charge in [-0.3, -0.25) is 0 Å². The van der Waals surface area contributed by atoms with Crippen molar-refractivity contribution in [1.29, 1.82) is 0 Å². The van der Waals surface area contributed by atoms with E-state index in [0.717, 1.165) is 11.3 Å². The average molecular weight is 200 g/mol. The fourth-order valence-corrected chi connectivity index (χ4v) is 1.56. The summed E-state index contributed by atoms with van der Waals surface area (Å²) in [5.41, 5.74) is 6.44. The number of halogens is 1.